The standard InChI is InChI=1S/C24H21N7O4/c1-13-10-29(18-3-2-8-25-21(13)18)24(35)17-12-31(28-27-17)15-4-5-16-14(9-15)11-30(23(16)34)19-6-7-20(32)26-22(19)33/h2-5,8-9,12-13,19H,6-7,10-11H2,1H3,(H,26,32,33). The number of carbonyl (C=O) groups excluding carboxylic acids is 4. The molecule has 0 saturated carbocycles. The Kier molecular flexibility index (Phi) is 4.73. The maximum absolute atomic E-state index is 13.2. The van der Waals surface area contributed by atoms with Crippen LogP contribution in [0.1, 0.15) is 57.8 Å². The molecule has 0 radical (unpaired) electrons. The van der Waals surface area contributed by atoms with E-state index >= 15 is 0 Å². The number of piperidine rings is 1. The van der Waals surface area contributed by atoms with Crippen LogP contribution in [0.2, 0.25) is 0 Å². The van der Waals surface area contributed by atoms with Crippen LogP contribution in [-0.4, -0.2) is 61.1 Å². The molecule has 0 bridgehead atoms. The fourth-order valence-electron chi connectivity index (χ4n) is 5.00. The highest BCUT2D eigenvalue weighted by atomic mass is 16.2. The summed E-state index contributed by atoms with van der Waals surface area (Å²) in [7, 11) is 0. The minimum atomic E-state index is -0.674. The summed E-state index contributed by atoms with van der Waals surface area (Å²) in [5.41, 5.74) is 3.76. The minimum Gasteiger partial charge on any atom is -0.322 e. The maximum atomic E-state index is 13.2. The van der Waals surface area contributed by atoms with Gasteiger partial charge in [-0.1, -0.05) is 12.1 Å². The Labute approximate surface area is 199 Å². The average Bonchev–Trinajstić information content (AvgIpc) is 3.56. The van der Waals surface area contributed by atoms with Crippen molar-refractivity contribution in [3.8, 4) is 5.69 Å². The van der Waals surface area contributed by atoms with Crippen molar-refractivity contribution in [2.75, 3.05) is 11.4 Å². The molecule has 4 amide bonds. The van der Waals surface area contributed by atoms with Crippen LogP contribution in [0.15, 0.2) is 42.7 Å². The molecule has 0 aliphatic carbocycles. The second-order valence-electron chi connectivity index (χ2n) is 9.01. The number of anilines is 1. The van der Waals surface area contributed by atoms with Gasteiger partial charge in [0.05, 0.1) is 23.3 Å². The highest BCUT2D eigenvalue weighted by Crippen LogP contribution is 2.35. The number of hydrogen-bond donors (Lipinski definition) is 1. The quantitative estimate of drug-likeness (QED) is 0.568. The molecule has 11 nitrogen and oxygen atoms in total. The normalized spacial score (nSPS) is 21.2. The molecule has 35 heavy (non-hydrogen) atoms. The predicted octanol–water partition coefficient (Wildman–Crippen LogP) is 1.19. The van der Waals surface area contributed by atoms with E-state index in [2.05, 4.69) is 20.6 Å². The lowest BCUT2D eigenvalue weighted by atomic mass is 10.0. The van der Waals surface area contributed by atoms with E-state index in [0.29, 0.717) is 24.2 Å². The van der Waals surface area contributed by atoms with Gasteiger partial charge in [0.1, 0.15) is 6.04 Å². The number of carbonyl (C=O) groups is 4. The maximum Gasteiger partial charge on any atom is 0.280 e. The molecule has 1 saturated heterocycles. The van der Waals surface area contributed by atoms with Crippen LogP contribution < -0.4 is 10.2 Å². The Bertz CT molecular complexity index is 1410. The molecule has 2 atom stereocenters. The van der Waals surface area contributed by atoms with E-state index in [0.717, 1.165) is 16.9 Å². The van der Waals surface area contributed by atoms with Gasteiger partial charge in [-0.25, -0.2) is 4.68 Å². The molecular weight excluding hydrogens is 450 g/mol. The van der Waals surface area contributed by atoms with Gasteiger partial charge < -0.3 is 9.80 Å². The third kappa shape index (κ3) is 3.38. The number of imide groups is 1. The molecule has 1 fully saturated rings. The predicted molar refractivity (Wildman–Crippen MR) is 122 cm³/mol. The summed E-state index contributed by atoms with van der Waals surface area (Å²) >= 11 is 0. The smallest absolute Gasteiger partial charge is 0.280 e. The molecule has 0 spiro atoms. The zero-order valence-electron chi connectivity index (χ0n) is 18.8. The highest BCUT2D eigenvalue weighted by molar-refractivity contribution is 6.06. The number of nitrogens with zero attached hydrogens (tertiary/aromatic N) is 6. The van der Waals surface area contributed by atoms with Gasteiger partial charge in [0.2, 0.25) is 11.8 Å². The molecule has 176 valence electrons. The minimum absolute atomic E-state index is 0.131. The summed E-state index contributed by atoms with van der Waals surface area (Å²) in [4.78, 5) is 57.4. The zero-order valence-corrected chi connectivity index (χ0v) is 18.8. The van der Waals surface area contributed by atoms with Crippen molar-refractivity contribution >= 4 is 29.3 Å². The van der Waals surface area contributed by atoms with Crippen molar-refractivity contribution in [2.45, 2.75) is 38.3 Å². The van der Waals surface area contributed by atoms with Crippen LogP contribution in [0, 0.1) is 0 Å². The third-order valence-corrected chi connectivity index (χ3v) is 6.76. The van der Waals surface area contributed by atoms with Crippen molar-refractivity contribution < 1.29 is 19.2 Å². The topological polar surface area (TPSA) is 130 Å². The third-order valence-electron chi connectivity index (χ3n) is 6.76. The molecule has 11 heteroatoms. The summed E-state index contributed by atoms with van der Waals surface area (Å²) < 4.78 is 1.50. The van der Waals surface area contributed by atoms with E-state index in [9.17, 15) is 19.2 Å². The molecule has 2 unspecified atom stereocenters. The van der Waals surface area contributed by atoms with Crippen LogP contribution in [0.3, 0.4) is 0 Å². The van der Waals surface area contributed by atoms with Crippen LogP contribution in [0.25, 0.3) is 5.69 Å². The van der Waals surface area contributed by atoms with Crippen molar-refractivity contribution in [2.24, 2.45) is 0 Å². The number of pyridine rings is 1. The second-order valence-corrected chi connectivity index (χ2v) is 9.01. The van der Waals surface area contributed by atoms with Gasteiger partial charge in [-0.2, -0.15) is 0 Å². The van der Waals surface area contributed by atoms with Gasteiger partial charge in [-0.3, -0.25) is 29.5 Å². The van der Waals surface area contributed by atoms with Crippen LogP contribution in [0.5, 0.6) is 0 Å². The second kappa shape index (κ2) is 7.83. The van der Waals surface area contributed by atoms with Crippen molar-refractivity contribution in [1.29, 1.82) is 0 Å². The summed E-state index contributed by atoms with van der Waals surface area (Å²) in [6, 6.07) is 8.22. The Balaban J connectivity index is 1.23. The number of rotatable bonds is 3. The largest absolute Gasteiger partial charge is 0.322 e. The van der Waals surface area contributed by atoms with Crippen molar-refractivity contribution in [1.82, 2.24) is 30.2 Å². The number of fused-ring (bicyclic) bond motifs is 2. The number of amides is 4. The molecule has 1 N–H and O–H groups in total. The summed E-state index contributed by atoms with van der Waals surface area (Å²) in [6.07, 6.45) is 3.80. The number of nitrogens with one attached hydrogen (secondary N) is 1. The van der Waals surface area contributed by atoms with Gasteiger partial charge in [0.15, 0.2) is 5.69 Å². The number of aromatic nitrogens is 4. The molecule has 5 heterocycles. The van der Waals surface area contributed by atoms with Crippen LogP contribution in [0.4, 0.5) is 5.69 Å². The van der Waals surface area contributed by atoms with Gasteiger partial charge in [-0.05, 0) is 42.3 Å². The Hall–Kier alpha value is -4.41. The SMILES string of the molecule is CC1CN(C(=O)c2cn(-c3ccc4c(c3)CN(C3CCC(=O)NC3=O)C4=O)nn2)c2cccnc21. The average molecular weight is 471 g/mol. The van der Waals surface area contributed by atoms with E-state index in [-0.39, 0.29) is 42.3 Å². The van der Waals surface area contributed by atoms with Gasteiger partial charge >= 0.3 is 0 Å². The monoisotopic (exact) mass is 471 g/mol. The first-order valence-corrected chi connectivity index (χ1v) is 11.4. The molecule has 6 rings (SSSR count). The first-order chi connectivity index (χ1) is 16.9. The fraction of sp³-hybridized carbons (Fsp3) is 0.292. The summed E-state index contributed by atoms with van der Waals surface area (Å²) in [5, 5.41) is 10.5. The fourth-order valence-corrected chi connectivity index (χ4v) is 5.00. The zero-order chi connectivity index (χ0) is 24.3. The lowest BCUT2D eigenvalue weighted by Gasteiger charge is -2.29. The molecule has 3 aliphatic rings. The first-order valence-electron chi connectivity index (χ1n) is 11.4. The highest BCUT2D eigenvalue weighted by Gasteiger charge is 2.39. The van der Waals surface area contributed by atoms with Crippen LogP contribution >= 0.6 is 0 Å². The van der Waals surface area contributed by atoms with E-state index in [1.807, 2.05) is 13.0 Å². The van der Waals surface area contributed by atoms with E-state index in [1.54, 1.807) is 41.6 Å². The van der Waals surface area contributed by atoms with Crippen molar-refractivity contribution in [3.63, 3.8) is 0 Å². The van der Waals surface area contributed by atoms with E-state index in [1.165, 1.54) is 9.58 Å². The Morgan fingerprint density at radius 3 is 2.86 bits per heavy atom. The molecule has 3 aromatic rings. The van der Waals surface area contributed by atoms with Crippen molar-refractivity contribution in [3.05, 3.63) is 65.2 Å². The Morgan fingerprint density at radius 2 is 2.03 bits per heavy atom. The molecular formula is C24H21N7O4. The summed E-state index contributed by atoms with van der Waals surface area (Å²) in [5.74, 6) is -1.14. The molecule has 1 aromatic carbocycles. The molecule has 2 aromatic heterocycles. The Morgan fingerprint density at radius 1 is 1.17 bits per heavy atom. The lowest BCUT2D eigenvalue weighted by molar-refractivity contribution is -0.136. The van der Waals surface area contributed by atoms with Crippen LogP contribution in [-0.2, 0) is 16.1 Å². The summed E-state index contributed by atoms with van der Waals surface area (Å²) in [6.45, 7) is 2.80. The molecule has 3 aliphatic heterocycles. The van der Waals surface area contributed by atoms with Gasteiger partial charge in [0.25, 0.3) is 11.8 Å². The van der Waals surface area contributed by atoms with Gasteiger partial charge in [0, 0.05) is 37.2 Å². The van der Waals surface area contributed by atoms with E-state index in [4.69, 9.17) is 0 Å². The lowest BCUT2D eigenvalue weighted by Crippen LogP contribution is -2.52. The van der Waals surface area contributed by atoms with E-state index < -0.39 is 11.9 Å². The number of hydrogen-bond acceptors (Lipinski definition) is 7. The number of benzene rings is 1. The first kappa shape index (κ1) is 21.1. The van der Waals surface area contributed by atoms with Gasteiger partial charge in [-0.15, -0.1) is 5.10 Å².